The number of para-hydroxylation sites is 1. The maximum Gasteiger partial charge on any atom is 0.254 e. The van der Waals surface area contributed by atoms with Gasteiger partial charge in [0.2, 0.25) is 0 Å². The molecule has 0 radical (unpaired) electrons. The van der Waals surface area contributed by atoms with Crippen LogP contribution in [0.5, 0.6) is 0 Å². The Bertz CT molecular complexity index is 793. The molecule has 2 aliphatic heterocycles. The molecule has 138 valence electrons. The highest BCUT2D eigenvalue weighted by Gasteiger charge is 2.51. The Hall–Kier alpha value is -1.98. The number of pyridine rings is 1. The normalized spacial score (nSPS) is 22.5. The second-order valence-corrected chi connectivity index (χ2v) is 7.70. The molecule has 2 aliphatic rings. The van der Waals surface area contributed by atoms with Crippen LogP contribution in [0.3, 0.4) is 0 Å². The lowest BCUT2D eigenvalue weighted by molar-refractivity contribution is -0.0751. The molecule has 5 nitrogen and oxygen atoms in total. The third-order valence-electron chi connectivity index (χ3n) is 6.05. The third-order valence-corrected chi connectivity index (χ3v) is 6.05. The summed E-state index contributed by atoms with van der Waals surface area (Å²) in [7, 11) is 2.19. The van der Waals surface area contributed by atoms with Gasteiger partial charge in [-0.1, -0.05) is 18.2 Å². The molecule has 0 bridgehead atoms. The van der Waals surface area contributed by atoms with Crippen LogP contribution in [-0.2, 0) is 4.74 Å². The first-order valence-electron chi connectivity index (χ1n) is 9.55. The molecule has 26 heavy (non-hydrogen) atoms. The largest absolute Gasteiger partial charge is 0.381 e. The zero-order valence-electron chi connectivity index (χ0n) is 15.6. The van der Waals surface area contributed by atoms with Gasteiger partial charge >= 0.3 is 0 Å². The number of likely N-dealkylation sites (tertiary alicyclic amines) is 2. The minimum absolute atomic E-state index is 0.120. The number of piperidine rings is 1. The van der Waals surface area contributed by atoms with E-state index in [2.05, 4.69) is 16.9 Å². The zero-order chi connectivity index (χ0) is 18.1. The van der Waals surface area contributed by atoms with Gasteiger partial charge in [0.25, 0.3) is 5.91 Å². The molecule has 0 aliphatic carbocycles. The molecule has 2 aromatic rings. The second-order valence-electron chi connectivity index (χ2n) is 7.70. The molecule has 1 spiro atoms. The van der Waals surface area contributed by atoms with Gasteiger partial charge in [0, 0.05) is 37.9 Å². The summed E-state index contributed by atoms with van der Waals surface area (Å²) in [5, 5.41) is 0.937. The van der Waals surface area contributed by atoms with Crippen molar-refractivity contribution in [2.45, 2.75) is 25.3 Å². The fourth-order valence-corrected chi connectivity index (χ4v) is 4.47. The lowest BCUT2D eigenvalue weighted by Gasteiger charge is -2.58. The summed E-state index contributed by atoms with van der Waals surface area (Å²) >= 11 is 0. The maximum atomic E-state index is 13.1. The van der Waals surface area contributed by atoms with Crippen LogP contribution in [0.4, 0.5) is 0 Å². The fraction of sp³-hybridized carbons (Fsp3) is 0.524. The van der Waals surface area contributed by atoms with Crippen molar-refractivity contribution in [2.24, 2.45) is 5.92 Å². The topological polar surface area (TPSA) is 45.7 Å². The van der Waals surface area contributed by atoms with Crippen molar-refractivity contribution in [2.75, 3.05) is 39.9 Å². The van der Waals surface area contributed by atoms with Crippen molar-refractivity contribution in [3.8, 4) is 0 Å². The van der Waals surface area contributed by atoms with Crippen LogP contribution in [-0.4, -0.2) is 66.1 Å². The summed E-state index contributed by atoms with van der Waals surface area (Å²) < 4.78 is 5.66. The van der Waals surface area contributed by atoms with Gasteiger partial charge < -0.3 is 9.64 Å². The van der Waals surface area contributed by atoms with E-state index in [0.29, 0.717) is 5.92 Å². The molecule has 3 heterocycles. The summed E-state index contributed by atoms with van der Waals surface area (Å²) in [5.74, 6) is 0.722. The van der Waals surface area contributed by atoms with E-state index >= 15 is 0 Å². The van der Waals surface area contributed by atoms with E-state index in [9.17, 15) is 4.79 Å². The number of amides is 1. The Morgan fingerprint density at radius 1 is 1.31 bits per heavy atom. The van der Waals surface area contributed by atoms with E-state index < -0.39 is 0 Å². The molecule has 1 amide bonds. The van der Waals surface area contributed by atoms with Crippen molar-refractivity contribution in [1.82, 2.24) is 14.8 Å². The fourth-order valence-electron chi connectivity index (χ4n) is 4.47. The number of benzene rings is 1. The van der Waals surface area contributed by atoms with Crippen molar-refractivity contribution in [3.05, 3.63) is 42.1 Å². The van der Waals surface area contributed by atoms with Crippen molar-refractivity contribution in [1.29, 1.82) is 0 Å². The number of hydrogen-bond donors (Lipinski definition) is 0. The van der Waals surface area contributed by atoms with Gasteiger partial charge in [-0.2, -0.15) is 0 Å². The third kappa shape index (κ3) is 2.99. The Morgan fingerprint density at radius 3 is 2.92 bits per heavy atom. The highest BCUT2D eigenvalue weighted by molar-refractivity contribution is 6.06. The van der Waals surface area contributed by atoms with Crippen LogP contribution >= 0.6 is 0 Å². The summed E-state index contributed by atoms with van der Waals surface area (Å²) in [6, 6.07) is 9.70. The number of aromatic nitrogens is 1. The van der Waals surface area contributed by atoms with E-state index in [-0.39, 0.29) is 11.4 Å². The minimum atomic E-state index is 0.120. The molecular formula is C21H27N3O2. The monoisotopic (exact) mass is 353 g/mol. The van der Waals surface area contributed by atoms with Gasteiger partial charge in [-0.25, -0.2) is 0 Å². The van der Waals surface area contributed by atoms with E-state index in [1.165, 1.54) is 6.42 Å². The molecule has 2 saturated heterocycles. The van der Waals surface area contributed by atoms with Gasteiger partial charge in [-0.3, -0.25) is 14.7 Å². The number of fused-ring (bicyclic) bond motifs is 1. The zero-order valence-corrected chi connectivity index (χ0v) is 15.6. The average molecular weight is 353 g/mol. The van der Waals surface area contributed by atoms with Crippen molar-refractivity contribution < 1.29 is 9.53 Å². The average Bonchev–Trinajstić information content (AvgIpc) is 2.64. The van der Waals surface area contributed by atoms with Crippen molar-refractivity contribution in [3.63, 3.8) is 0 Å². The minimum Gasteiger partial charge on any atom is -0.381 e. The van der Waals surface area contributed by atoms with E-state index in [1.807, 2.05) is 42.2 Å². The number of ether oxygens (including phenoxy) is 1. The molecule has 1 aromatic carbocycles. The number of hydrogen-bond acceptors (Lipinski definition) is 4. The number of likely N-dealkylation sites (N-methyl/N-ethyl adjacent to an activating group) is 1. The number of rotatable bonds is 4. The Labute approximate surface area is 154 Å². The highest BCUT2D eigenvalue weighted by Crippen LogP contribution is 2.39. The predicted molar refractivity (Wildman–Crippen MR) is 102 cm³/mol. The quantitative estimate of drug-likeness (QED) is 0.848. The Morgan fingerprint density at radius 2 is 2.12 bits per heavy atom. The molecule has 0 saturated carbocycles. The number of carbonyl (C=O) groups is 1. The number of nitrogens with zero attached hydrogens (tertiary/aromatic N) is 3. The van der Waals surface area contributed by atoms with Crippen LogP contribution in [0.15, 0.2) is 36.5 Å². The molecule has 1 aromatic heterocycles. The number of carbonyl (C=O) groups excluding carboxylic acids is 1. The molecular weight excluding hydrogens is 326 g/mol. The smallest absolute Gasteiger partial charge is 0.254 e. The molecule has 0 N–H and O–H groups in total. The first kappa shape index (κ1) is 17.4. The maximum absolute atomic E-state index is 13.1. The standard InChI is InChI=1S/C21H27N3O2/c1-3-26-13-16-9-11-23(2)21(12-16)14-24(15-21)20(25)18-8-10-22-19-7-5-4-6-17(18)19/h4-8,10,16H,3,9,11-15H2,1-2H3/t16-/m0/s1. The summed E-state index contributed by atoms with van der Waals surface area (Å²) in [4.78, 5) is 21.9. The second kappa shape index (κ2) is 6.97. The van der Waals surface area contributed by atoms with E-state index in [1.54, 1.807) is 6.20 Å². The predicted octanol–water partition coefficient (Wildman–Crippen LogP) is 2.81. The molecule has 4 rings (SSSR count). The Kier molecular flexibility index (Phi) is 4.67. The molecule has 1 atom stereocenters. The van der Waals surface area contributed by atoms with Crippen LogP contribution in [0.2, 0.25) is 0 Å². The summed E-state index contributed by atoms with van der Waals surface area (Å²) in [6.45, 7) is 6.36. The highest BCUT2D eigenvalue weighted by atomic mass is 16.5. The lowest BCUT2D eigenvalue weighted by atomic mass is 9.75. The lowest BCUT2D eigenvalue weighted by Crippen LogP contribution is -2.72. The first-order valence-corrected chi connectivity index (χ1v) is 9.55. The van der Waals surface area contributed by atoms with E-state index in [4.69, 9.17) is 4.74 Å². The van der Waals surface area contributed by atoms with Crippen molar-refractivity contribution >= 4 is 16.8 Å². The van der Waals surface area contributed by atoms with Gasteiger partial charge in [0.15, 0.2) is 0 Å². The summed E-state index contributed by atoms with van der Waals surface area (Å²) in [6.07, 6.45) is 4.03. The van der Waals surface area contributed by atoms with Crippen LogP contribution < -0.4 is 0 Å². The molecule has 5 heteroatoms. The van der Waals surface area contributed by atoms with Gasteiger partial charge in [0.05, 0.1) is 16.6 Å². The van der Waals surface area contributed by atoms with Crippen LogP contribution in [0.25, 0.3) is 10.9 Å². The van der Waals surface area contributed by atoms with Crippen LogP contribution in [0, 0.1) is 5.92 Å². The first-order chi connectivity index (χ1) is 12.6. The molecule has 2 fully saturated rings. The van der Waals surface area contributed by atoms with Crippen LogP contribution in [0.1, 0.15) is 30.1 Å². The van der Waals surface area contributed by atoms with Gasteiger partial charge in [-0.05, 0) is 51.4 Å². The molecule has 0 unspecified atom stereocenters. The van der Waals surface area contributed by atoms with Gasteiger partial charge in [-0.15, -0.1) is 0 Å². The van der Waals surface area contributed by atoms with E-state index in [0.717, 1.165) is 55.7 Å². The van der Waals surface area contributed by atoms with Gasteiger partial charge in [0.1, 0.15) is 0 Å². The Balaban J connectivity index is 1.48. The SMILES string of the molecule is CCOC[C@H]1CCN(C)C2(C1)CN(C(=O)c1ccnc3ccccc13)C2. The summed E-state index contributed by atoms with van der Waals surface area (Å²) in [5.41, 5.74) is 1.76.